The first-order chi connectivity index (χ1) is 8.49. The molecular formula is C14H28N4. The molecule has 4 heteroatoms. The van der Waals surface area contributed by atoms with E-state index in [2.05, 4.69) is 23.6 Å². The van der Waals surface area contributed by atoms with Gasteiger partial charge in [0, 0.05) is 18.0 Å². The van der Waals surface area contributed by atoms with Gasteiger partial charge in [-0.15, -0.1) is 0 Å². The Morgan fingerprint density at radius 1 is 1.28 bits per heavy atom. The number of amidine groups is 1. The molecule has 1 unspecified atom stereocenters. The molecule has 18 heavy (non-hydrogen) atoms. The zero-order valence-electron chi connectivity index (χ0n) is 11.9. The minimum atomic E-state index is -0.151. The molecule has 2 rings (SSSR count). The van der Waals surface area contributed by atoms with Crippen molar-refractivity contribution in [1.82, 2.24) is 9.80 Å². The Labute approximate surface area is 111 Å². The quantitative estimate of drug-likeness (QED) is 0.589. The zero-order chi connectivity index (χ0) is 13.2. The van der Waals surface area contributed by atoms with E-state index in [1.54, 1.807) is 0 Å². The highest BCUT2D eigenvalue weighted by atomic mass is 15.3. The van der Waals surface area contributed by atoms with Gasteiger partial charge in [-0.2, -0.15) is 0 Å². The third-order valence-corrected chi connectivity index (χ3v) is 4.67. The summed E-state index contributed by atoms with van der Waals surface area (Å²) in [5.41, 5.74) is 5.51. The van der Waals surface area contributed by atoms with E-state index < -0.39 is 0 Å². The molecule has 2 saturated heterocycles. The van der Waals surface area contributed by atoms with Crippen LogP contribution in [0.3, 0.4) is 0 Å². The van der Waals surface area contributed by atoms with Crippen LogP contribution in [0, 0.1) is 10.8 Å². The van der Waals surface area contributed by atoms with Crippen LogP contribution in [0.1, 0.15) is 39.5 Å². The minimum absolute atomic E-state index is 0.151. The topological polar surface area (TPSA) is 56.4 Å². The monoisotopic (exact) mass is 252 g/mol. The second-order valence-electron chi connectivity index (χ2n) is 6.53. The molecule has 0 aromatic carbocycles. The standard InChI is InChI=1S/C14H28N4/c1-14(2,13(15)16)6-10-17-7-4-9-18-8-3-5-12(18)11-17/h12H,3-11H2,1-2H3,(H3,15,16). The summed E-state index contributed by atoms with van der Waals surface area (Å²) in [5.74, 6) is 0.319. The van der Waals surface area contributed by atoms with Crippen molar-refractivity contribution in [2.75, 3.05) is 32.7 Å². The highest BCUT2D eigenvalue weighted by molar-refractivity contribution is 5.82. The maximum atomic E-state index is 7.63. The predicted molar refractivity (Wildman–Crippen MR) is 76.0 cm³/mol. The van der Waals surface area contributed by atoms with Gasteiger partial charge in [0.1, 0.15) is 0 Å². The van der Waals surface area contributed by atoms with Crippen molar-refractivity contribution in [3.05, 3.63) is 0 Å². The third kappa shape index (κ3) is 3.23. The molecule has 1 atom stereocenters. The molecule has 0 spiro atoms. The number of hydrogen-bond acceptors (Lipinski definition) is 3. The summed E-state index contributed by atoms with van der Waals surface area (Å²) in [6, 6.07) is 0.785. The van der Waals surface area contributed by atoms with Crippen LogP contribution in [0.4, 0.5) is 0 Å². The Morgan fingerprint density at radius 2 is 2.00 bits per heavy atom. The lowest BCUT2D eigenvalue weighted by Gasteiger charge is -2.29. The van der Waals surface area contributed by atoms with E-state index in [0.717, 1.165) is 19.0 Å². The summed E-state index contributed by atoms with van der Waals surface area (Å²) in [6.07, 6.45) is 5.02. The molecule has 2 aliphatic rings. The first kappa shape index (κ1) is 13.8. The molecule has 2 fully saturated rings. The second kappa shape index (κ2) is 5.57. The van der Waals surface area contributed by atoms with E-state index in [-0.39, 0.29) is 5.41 Å². The molecular weight excluding hydrogens is 224 g/mol. The summed E-state index contributed by atoms with van der Waals surface area (Å²) < 4.78 is 0. The molecule has 0 aromatic rings. The smallest absolute Gasteiger partial charge is 0.0963 e. The number of fused-ring (bicyclic) bond motifs is 1. The van der Waals surface area contributed by atoms with Gasteiger partial charge < -0.3 is 10.6 Å². The van der Waals surface area contributed by atoms with Gasteiger partial charge in [0.25, 0.3) is 0 Å². The molecule has 0 aliphatic carbocycles. The van der Waals surface area contributed by atoms with Crippen LogP contribution in [0.5, 0.6) is 0 Å². The predicted octanol–water partition coefficient (Wildman–Crippen LogP) is 1.51. The van der Waals surface area contributed by atoms with Crippen molar-refractivity contribution in [2.45, 2.75) is 45.6 Å². The van der Waals surface area contributed by atoms with Crippen molar-refractivity contribution in [2.24, 2.45) is 11.1 Å². The van der Waals surface area contributed by atoms with Crippen LogP contribution < -0.4 is 5.73 Å². The van der Waals surface area contributed by atoms with E-state index in [1.807, 2.05) is 0 Å². The zero-order valence-corrected chi connectivity index (χ0v) is 11.9. The highest BCUT2D eigenvalue weighted by Crippen LogP contribution is 2.24. The van der Waals surface area contributed by atoms with E-state index in [1.165, 1.54) is 45.4 Å². The molecule has 0 amide bonds. The van der Waals surface area contributed by atoms with Crippen LogP contribution in [0.25, 0.3) is 0 Å². The first-order valence-corrected chi connectivity index (χ1v) is 7.30. The lowest BCUT2D eigenvalue weighted by atomic mass is 9.88. The Bertz CT molecular complexity index is 300. The fourth-order valence-electron chi connectivity index (χ4n) is 3.06. The summed E-state index contributed by atoms with van der Waals surface area (Å²) in [7, 11) is 0. The fourth-order valence-corrected chi connectivity index (χ4v) is 3.06. The molecule has 0 bridgehead atoms. The van der Waals surface area contributed by atoms with Crippen molar-refractivity contribution < 1.29 is 0 Å². The Balaban J connectivity index is 1.84. The van der Waals surface area contributed by atoms with Gasteiger partial charge in [0.2, 0.25) is 0 Å². The average Bonchev–Trinajstić information content (AvgIpc) is 2.65. The van der Waals surface area contributed by atoms with Gasteiger partial charge in [-0.1, -0.05) is 13.8 Å². The van der Waals surface area contributed by atoms with Crippen LogP contribution in [-0.4, -0.2) is 54.4 Å². The SMILES string of the molecule is CC(C)(CCN1CCCN2CCCC2C1)C(=N)N. The fraction of sp³-hybridized carbons (Fsp3) is 0.929. The number of nitrogens with zero attached hydrogens (tertiary/aromatic N) is 2. The molecule has 3 N–H and O–H groups in total. The number of nitrogens with one attached hydrogen (secondary N) is 1. The molecule has 0 aromatic heterocycles. The minimum Gasteiger partial charge on any atom is -0.387 e. The summed E-state index contributed by atoms with van der Waals surface area (Å²) in [4.78, 5) is 5.25. The molecule has 4 nitrogen and oxygen atoms in total. The number of nitrogens with two attached hydrogens (primary N) is 1. The average molecular weight is 252 g/mol. The molecule has 2 heterocycles. The van der Waals surface area contributed by atoms with E-state index in [0.29, 0.717) is 5.84 Å². The van der Waals surface area contributed by atoms with Crippen LogP contribution >= 0.6 is 0 Å². The van der Waals surface area contributed by atoms with Crippen molar-refractivity contribution in [3.63, 3.8) is 0 Å². The summed E-state index contributed by atoms with van der Waals surface area (Å²) in [6.45, 7) is 10.2. The lowest BCUT2D eigenvalue weighted by molar-refractivity contribution is 0.207. The van der Waals surface area contributed by atoms with Crippen LogP contribution in [-0.2, 0) is 0 Å². The van der Waals surface area contributed by atoms with Crippen molar-refractivity contribution in [1.29, 1.82) is 5.41 Å². The lowest BCUT2D eigenvalue weighted by Crippen LogP contribution is -2.39. The van der Waals surface area contributed by atoms with Crippen LogP contribution in [0.15, 0.2) is 0 Å². The Kier molecular flexibility index (Phi) is 4.28. The van der Waals surface area contributed by atoms with Gasteiger partial charge in [-0.3, -0.25) is 10.3 Å². The Hall–Kier alpha value is -0.610. The van der Waals surface area contributed by atoms with Gasteiger partial charge in [-0.25, -0.2) is 0 Å². The van der Waals surface area contributed by atoms with E-state index in [4.69, 9.17) is 11.1 Å². The summed E-state index contributed by atoms with van der Waals surface area (Å²) in [5, 5.41) is 7.63. The maximum Gasteiger partial charge on any atom is 0.0963 e. The van der Waals surface area contributed by atoms with Gasteiger partial charge in [-0.05, 0) is 51.9 Å². The second-order valence-corrected chi connectivity index (χ2v) is 6.53. The molecule has 0 radical (unpaired) electrons. The number of rotatable bonds is 4. The maximum absolute atomic E-state index is 7.63. The van der Waals surface area contributed by atoms with Crippen molar-refractivity contribution in [3.8, 4) is 0 Å². The number of hydrogen-bond donors (Lipinski definition) is 2. The Morgan fingerprint density at radius 3 is 2.72 bits per heavy atom. The van der Waals surface area contributed by atoms with E-state index >= 15 is 0 Å². The van der Waals surface area contributed by atoms with Crippen molar-refractivity contribution >= 4 is 5.84 Å². The van der Waals surface area contributed by atoms with Gasteiger partial charge in [0.05, 0.1) is 5.84 Å². The van der Waals surface area contributed by atoms with Gasteiger partial charge >= 0.3 is 0 Å². The third-order valence-electron chi connectivity index (χ3n) is 4.67. The first-order valence-electron chi connectivity index (χ1n) is 7.30. The highest BCUT2D eigenvalue weighted by Gasteiger charge is 2.29. The van der Waals surface area contributed by atoms with E-state index in [9.17, 15) is 0 Å². The molecule has 104 valence electrons. The normalized spacial score (nSPS) is 26.9. The van der Waals surface area contributed by atoms with Gasteiger partial charge in [0.15, 0.2) is 0 Å². The molecule has 2 aliphatic heterocycles. The molecule has 0 saturated carbocycles. The largest absolute Gasteiger partial charge is 0.387 e. The summed E-state index contributed by atoms with van der Waals surface area (Å²) >= 11 is 0. The van der Waals surface area contributed by atoms with Crippen LogP contribution in [0.2, 0.25) is 0 Å².